The Morgan fingerprint density at radius 1 is 1.36 bits per heavy atom. The molecule has 1 rings (SSSR count). The van der Waals surface area contributed by atoms with Gasteiger partial charge in [0.05, 0.1) is 0 Å². The summed E-state index contributed by atoms with van der Waals surface area (Å²) in [4.78, 5) is 0. The van der Waals surface area contributed by atoms with Gasteiger partial charge in [-0.05, 0) is 22.7 Å². The van der Waals surface area contributed by atoms with E-state index in [0.29, 0.717) is 0 Å². The van der Waals surface area contributed by atoms with Gasteiger partial charge in [-0.25, -0.2) is 0 Å². The van der Waals surface area contributed by atoms with E-state index in [1.165, 1.54) is 11.3 Å². The Morgan fingerprint density at radius 3 is 2.09 bits per heavy atom. The van der Waals surface area contributed by atoms with E-state index in [1.807, 2.05) is 26.2 Å². The monoisotopic (exact) mass is 196 g/mol. The number of hydrogen-bond acceptors (Lipinski definition) is 2. The van der Waals surface area contributed by atoms with Gasteiger partial charge in [0.25, 0.3) is 0 Å². The van der Waals surface area contributed by atoms with Crippen LogP contribution in [0, 0.1) is 0 Å². The maximum absolute atomic E-state index is 10.7. The van der Waals surface area contributed by atoms with Gasteiger partial charge < -0.3 is 5.11 Å². The minimum Gasteiger partial charge on any atom is -0.872 e. The first kappa shape index (κ1) is 14.6. The average molecular weight is 196 g/mol. The summed E-state index contributed by atoms with van der Waals surface area (Å²) >= 11 is 1.48. The number of thiophene rings is 1. The zero-order chi connectivity index (χ0) is 7.98. The second-order valence-corrected chi connectivity index (χ2v) is 2.36. The van der Waals surface area contributed by atoms with Crippen molar-refractivity contribution in [3.05, 3.63) is 16.3 Å². The van der Waals surface area contributed by atoms with Crippen molar-refractivity contribution in [1.29, 1.82) is 0 Å². The number of aryl methyl sites for hydroxylation is 1. The van der Waals surface area contributed by atoms with Gasteiger partial charge in [-0.2, -0.15) is 11.3 Å². The maximum Gasteiger partial charge on any atom is 1.00 e. The van der Waals surface area contributed by atoms with Gasteiger partial charge in [-0.15, -0.1) is 0 Å². The maximum atomic E-state index is 10.7. The first-order chi connectivity index (χ1) is 4.84. The Labute approximate surface area is 115 Å². The van der Waals surface area contributed by atoms with Gasteiger partial charge >= 0.3 is 51.4 Å². The van der Waals surface area contributed by atoms with Crippen LogP contribution in [0.5, 0.6) is 5.75 Å². The molecule has 0 radical (unpaired) electrons. The van der Waals surface area contributed by atoms with Gasteiger partial charge in [0.15, 0.2) is 0 Å². The van der Waals surface area contributed by atoms with E-state index in [2.05, 4.69) is 0 Å². The van der Waals surface area contributed by atoms with Gasteiger partial charge in [-0.3, -0.25) is 0 Å². The van der Waals surface area contributed by atoms with Crippen molar-refractivity contribution in [3.8, 4) is 5.75 Å². The Kier molecular flexibility index (Phi) is 12.3. The van der Waals surface area contributed by atoms with Crippen molar-refractivity contribution in [3.63, 3.8) is 0 Å². The van der Waals surface area contributed by atoms with Crippen molar-refractivity contribution in [2.24, 2.45) is 0 Å². The minimum absolute atomic E-state index is 0. The Bertz CT molecular complexity index is 174. The van der Waals surface area contributed by atoms with Crippen LogP contribution in [-0.2, 0) is 6.42 Å². The summed E-state index contributed by atoms with van der Waals surface area (Å²) in [6, 6.07) is 0. The molecule has 0 N–H and O–H groups in total. The van der Waals surface area contributed by atoms with Crippen LogP contribution >= 0.6 is 11.3 Å². The molecule has 0 atom stereocenters. The smallest absolute Gasteiger partial charge is 0.872 e. The summed E-state index contributed by atoms with van der Waals surface area (Å²) in [7, 11) is 0. The second-order valence-electron chi connectivity index (χ2n) is 1.61. The van der Waals surface area contributed by atoms with Crippen molar-refractivity contribution in [2.75, 3.05) is 0 Å². The number of rotatable bonds is 1. The van der Waals surface area contributed by atoms with Crippen LogP contribution in [-0.4, -0.2) is 0 Å². The standard InChI is InChI=1S/C6H8OS.C2H6.K/c1-2-5-3-8-4-6(5)7;1-2;/h3-4,7H,2H2,1H3;1-2H3;/q;;+1/p-1. The summed E-state index contributed by atoms with van der Waals surface area (Å²) in [5.41, 5.74) is 0.940. The molecule has 0 aliphatic rings. The molecule has 0 fully saturated rings. The van der Waals surface area contributed by atoms with Crippen LogP contribution in [0.3, 0.4) is 0 Å². The molecule has 3 heteroatoms. The first-order valence-electron chi connectivity index (χ1n) is 3.56. The van der Waals surface area contributed by atoms with E-state index in [0.717, 1.165) is 12.0 Å². The first-order valence-corrected chi connectivity index (χ1v) is 4.51. The molecule has 0 bridgehead atoms. The molecule has 58 valence electrons. The van der Waals surface area contributed by atoms with E-state index in [1.54, 1.807) is 5.38 Å². The molecule has 1 aromatic heterocycles. The zero-order valence-corrected chi connectivity index (χ0v) is 11.6. The average Bonchev–Trinajstić information content (AvgIpc) is 2.39. The minimum atomic E-state index is 0. The van der Waals surface area contributed by atoms with E-state index in [4.69, 9.17) is 0 Å². The predicted octanol–water partition coefficient (Wildman–Crippen LogP) is -0.586. The normalized spacial score (nSPS) is 7.55. The summed E-state index contributed by atoms with van der Waals surface area (Å²) in [5.74, 6) is 0.192. The van der Waals surface area contributed by atoms with E-state index in [9.17, 15) is 5.11 Å². The van der Waals surface area contributed by atoms with Gasteiger partial charge in [0.1, 0.15) is 0 Å². The van der Waals surface area contributed by atoms with E-state index < -0.39 is 0 Å². The van der Waals surface area contributed by atoms with Crippen LogP contribution in [0.1, 0.15) is 26.3 Å². The third-order valence-corrected chi connectivity index (χ3v) is 1.85. The molecular formula is C8H13KOS. The van der Waals surface area contributed by atoms with Crippen molar-refractivity contribution < 1.29 is 56.5 Å². The van der Waals surface area contributed by atoms with Gasteiger partial charge in [-0.1, -0.05) is 26.5 Å². The molecule has 0 aliphatic heterocycles. The quantitative estimate of drug-likeness (QED) is 0.551. The molecule has 11 heavy (non-hydrogen) atoms. The van der Waals surface area contributed by atoms with Crippen LogP contribution < -0.4 is 56.5 Å². The van der Waals surface area contributed by atoms with E-state index in [-0.39, 0.29) is 57.1 Å². The fourth-order valence-corrected chi connectivity index (χ4v) is 1.36. The summed E-state index contributed by atoms with van der Waals surface area (Å²) in [6.45, 7) is 5.99. The molecule has 0 unspecified atom stereocenters. The fourth-order valence-electron chi connectivity index (χ4n) is 0.569. The molecule has 0 saturated heterocycles. The Morgan fingerprint density at radius 2 is 1.91 bits per heavy atom. The molecule has 0 saturated carbocycles. The summed E-state index contributed by atoms with van der Waals surface area (Å²) in [5, 5.41) is 14.2. The molecule has 0 spiro atoms. The Balaban J connectivity index is 0. The molecule has 1 aromatic rings. The summed E-state index contributed by atoms with van der Waals surface area (Å²) < 4.78 is 0. The molecule has 0 aliphatic carbocycles. The topological polar surface area (TPSA) is 23.1 Å². The van der Waals surface area contributed by atoms with Crippen LogP contribution in [0.4, 0.5) is 0 Å². The van der Waals surface area contributed by atoms with Gasteiger partial charge in [0, 0.05) is 0 Å². The van der Waals surface area contributed by atoms with Crippen LogP contribution in [0.25, 0.3) is 0 Å². The molecule has 0 aromatic carbocycles. The SMILES string of the molecule is CC.CCc1cscc1[O-].[K+]. The van der Waals surface area contributed by atoms with Crippen molar-refractivity contribution in [1.82, 2.24) is 0 Å². The summed E-state index contributed by atoms with van der Waals surface area (Å²) in [6.07, 6.45) is 0.863. The van der Waals surface area contributed by atoms with Gasteiger partial charge in [0.2, 0.25) is 0 Å². The van der Waals surface area contributed by atoms with Crippen LogP contribution in [0.2, 0.25) is 0 Å². The third kappa shape index (κ3) is 5.39. The fraction of sp³-hybridized carbons (Fsp3) is 0.500. The largest absolute Gasteiger partial charge is 1.00 e. The van der Waals surface area contributed by atoms with Crippen molar-refractivity contribution >= 4 is 11.3 Å². The second kappa shape index (κ2) is 9.23. The number of hydrogen-bond donors (Lipinski definition) is 0. The molecule has 1 heterocycles. The Hall–Kier alpha value is 1.14. The predicted molar refractivity (Wildman–Crippen MR) is 44.5 cm³/mol. The van der Waals surface area contributed by atoms with Crippen LogP contribution in [0.15, 0.2) is 10.8 Å². The van der Waals surface area contributed by atoms with Crippen molar-refractivity contribution in [2.45, 2.75) is 27.2 Å². The molecule has 0 amide bonds. The molecular weight excluding hydrogens is 183 g/mol. The van der Waals surface area contributed by atoms with E-state index >= 15 is 0 Å². The zero-order valence-electron chi connectivity index (χ0n) is 7.68. The third-order valence-electron chi connectivity index (χ3n) is 1.08. The molecule has 1 nitrogen and oxygen atoms in total.